The lowest BCUT2D eigenvalue weighted by Crippen LogP contribution is -1.87. The Morgan fingerprint density at radius 1 is 1.27 bits per heavy atom. The largest absolute Gasteiger partial charge is 0.144 e. The second-order valence-electron chi connectivity index (χ2n) is 3.60. The van der Waals surface area contributed by atoms with E-state index in [1.54, 1.807) is 11.3 Å². The van der Waals surface area contributed by atoms with E-state index in [9.17, 15) is 0 Å². The predicted octanol–water partition coefficient (Wildman–Crippen LogP) is 4.75. The third-order valence-corrected chi connectivity index (χ3v) is 4.02. The van der Waals surface area contributed by atoms with Crippen LogP contribution in [0.2, 0.25) is 0 Å². The summed E-state index contributed by atoms with van der Waals surface area (Å²) in [5, 5.41) is 2.13. The Kier molecular flexibility index (Phi) is 2.26. The molecule has 15 heavy (non-hydrogen) atoms. The fourth-order valence-corrected chi connectivity index (χ4v) is 3.24. The van der Waals surface area contributed by atoms with Gasteiger partial charge in [0.15, 0.2) is 0 Å². The van der Waals surface area contributed by atoms with Crippen molar-refractivity contribution in [2.75, 3.05) is 0 Å². The molecular formula is C13H9BrS. The lowest BCUT2D eigenvalue weighted by atomic mass is 10.0. The fraction of sp³-hybridized carbons (Fsp3) is 0.0769. The summed E-state index contributed by atoms with van der Waals surface area (Å²) < 4.78 is 1.16. The van der Waals surface area contributed by atoms with Gasteiger partial charge in [-0.1, -0.05) is 34.1 Å². The molecule has 0 amide bonds. The summed E-state index contributed by atoms with van der Waals surface area (Å²) in [5.74, 6) is 0. The zero-order valence-corrected chi connectivity index (χ0v) is 10.4. The van der Waals surface area contributed by atoms with Crippen molar-refractivity contribution in [1.82, 2.24) is 0 Å². The van der Waals surface area contributed by atoms with E-state index in [1.165, 1.54) is 21.6 Å². The van der Waals surface area contributed by atoms with Crippen LogP contribution in [0.15, 0.2) is 40.2 Å². The standard InChI is InChI=1S/C13H9BrS/c14-10-7-9-3-1-4-11(9)12(8-10)13-5-2-6-15-13/h1-3,5-8H,4H2. The molecule has 0 atom stereocenters. The molecule has 1 aromatic carbocycles. The minimum absolute atomic E-state index is 1.07. The predicted molar refractivity (Wildman–Crippen MR) is 70.2 cm³/mol. The van der Waals surface area contributed by atoms with Crippen molar-refractivity contribution in [3.63, 3.8) is 0 Å². The van der Waals surface area contributed by atoms with E-state index in [1.807, 2.05) is 0 Å². The van der Waals surface area contributed by atoms with Gasteiger partial charge in [0.2, 0.25) is 0 Å². The molecule has 0 saturated carbocycles. The van der Waals surface area contributed by atoms with E-state index in [0.29, 0.717) is 0 Å². The molecule has 0 fully saturated rings. The summed E-state index contributed by atoms with van der Waals surface area (Å²) in [6.07, 6.45) is 5.50. The van der Waals surface area contributed by atoms with E-state index in [2.05, 4.69) is 57.7 Å². The van der Waals surface area contributed by atoms with Crippen LogP contribution in [0.4, 0.5) is 0 Å². The summed E-state index contributed by atoms with van der Waals surface area (Å²) in [6, 6.07) is 8.70. The van der Waals surface area contributed by atoms with Gasteiger partial charge in [-0.25, -0.2) is 0 Å². The molecule has 1 aromatic heterocycles. The quantitative estimate of drug-likeness (QED) is 0.705. The molecule has 2 aromatic rings. The minimum Gasteiger partial charge on any atom is -0.144 e. The van der Waals surface area contributed by atoms with Crippen LogP contribution in [0.5, 0.6) is 0 Å². The number of thiophene rings is 1. The van der Waals surface area contributed by atoms with Crippen LogP contribution in [-0.2, 0) is 6.42 Å². The Labute approximate surface area is 101 Å². The highest BCUT2D eigenvalue weighted by molar-refractivity contribution is 9.10. The van der Waals surface area contributed by atoms with Crippen molar-refractivity contribution in [1.29, 1.82) is 0 Å². The van der Waals surface area contributed by atoms with Crippen molar-refractivity contribution in [2.24, 2.45) is 0 Å². The Hall–Kier alpha value is -0.860. The van der Waals surface area contributed by atoms with E-state index in [4.69, 9.17) is 0 Å². The van der Waals surface area contributed by atoms with Gasteiger partial charge in [-0.2, -0.15) is 0 Å². The summed E-state index contributed by atoms with van der Waals surface area (Å²) in [4.78, 5) is 1.36. The first-order chi connectivity index (χ1) is 7.34. The van der Waals surface area contributed by atoms with Crippen LogP contribution >= 0.6 is 27.3 Å². The number of fused-ring (bicyclic) bond motifs is 1. The first-order valence-corrected chi connectivity index (χ1v) is 6.55. The van der Waals surface area contributed by atoms with E-state index < -0.39 is 0 Å². The molecule has 0 bridgehead atoms. The van der Waals surface area contributed by atoms with Gasteiger partial charge >= 0.3 is 0 Å². The van der Waals surface area contributed by atoms with Crippen LogP contribution in [0.1, 0.15) is 11.1 Å². The third kappa shape index (κ3) is 1.58. The Bertz CT molecular complexity index is 524. The van der Waals surface area contributed by atoms with Crippen LogP contribution in [0.3, 0.4) is 0 Å². The molecule has 2 heteroatoms. The molecule has 0 saturated heterocycles. The van der Waals surface area contributed by atoms with E-state index in [0.717, 1.165) is 10.9 Å². The molecule has 1 aliphatic carbocycles. The van der Waals surface area contributed by atoms with Gasteiger partial charge in [0, 0.05) is 9.35 Å². The van der Waals surface area contributed by atoms with Gasteiger partial charge < -0.3 is 0 Å². The molecule has 74 valence electrons. The molecule has 1 aliphatic rings. The zero-order chi connectivity index (χ0) is 10.3. The lowest BCUT2D eigenvalue weighted by molar-refractivity contribution is 1.31. The van der Waals surface area contributed by atoms with Gasteiger partial charge in [0.05, 0.1) is 0 Å². The molecular weight excluding hydrogens is 268 g/mol. The average molecular weight is 277 g/mol. The molecule has 0 unspecified atom stereocenters. The van der Waals surface area contributed by atoms with Crippen LogP contribution < -0.4 is 0 Å². The second kappa shape index (κ2) is 3.62. The van der Waals surface area contributed by atoms with E-state index in [-0.39, 0.29) is 0 Å². The average Bonchev–Trinajstić information content (AvgIpc) is 2.86. The number of halogens is 1. The van der Waals surface area contributed by atoms with Gasteiger partial charge in [-0.3, -0.25) is 0 Å². The molecule has 0 nitrogen and oxygen atoms in total. The summed E-state index contributed by atoms with van der Waals surface area (Å²) in [6.45, 7) is 0. The van der Waals surface area contributed by atoms with Crippen molar-refractivity contribution >= 4 is 33.3 Å². The molecule has 0 N–H and O–H groups in total. The number of hydrogen-bond donors (Lipinski definition) is 0. The fourth-order valence-electron chi connectivity index (χ4n) is 1.99. The van der Waals surface area contributed by atoms with E-state index >= 15 is 0 Å². The zero-order valence-electron chi connectivity index (χ0n) is 8.03. The highest BCUT2D eigenvalue weighted by Crippen LogP contribution is 2.36. The summed E-state index contributed by atoms with van der Waals surface area (Å²) in [7, 11) is 0. The topological polar surface area (TPSA) is 0 Å². The Morgan fingerprint density at radius 2 is 2.20 bits per heavy atom. The molecule has 0 aliphatic heterocycles. The van der Waals surface area contributed by atoms with Crippen molar-refractivity contribution < 1.29 is 0 Å². The molecule has 0 spiro atoms. The number of rotatable bonds is 1. The first kappa shape index (κ1) is 9.37. The maximum atomic E-state index is 3.57. The maximum Gasteiger partial charge on any atom is 0.0346 e. The second-order valence-corrected chi connectivity index (χ2v) is 5.47. The smallest absolute Gasteiger partial charge is 0.0346 e. The number of allylic oxidation sites excluding steroid dienone is 1. The Morgan fingerprint density at radius 3 is 3.00 bits per heavy atom. The van der Waals surface area contributed by atoms with Crippen LogP contribution in [0, 0.1) is 0 Å². The van der Waals surface area contributed by atoms with Crippen LogP contribution in [-0.4, -0.2) is 0 Å². The number of hydrogen-bond acceptors (Lipinski definition) is 1. The number of benzene rings is 1. The van der Waals surface area contributed by atoms with Crippen LogP contribution in [0.25, 0.3) is 16.5 Å². The Balaban J connectivity index is 2.25. The maximum absolute atomic E-state index is 3.57. The molecule has 3 rings (SSSR count). The van der Waals surface area contributed by atoms with Gasteiger partial charge in [0.1, 0.15) is 0 Å². The van der Waals surface area contributed by atoms with Gasteiger partial charge in [-0.05, 0) is 46.7 Å². The van der Waals surface area contributed by atoms with Crippen molar-refractivity contribution in [3.05, 3.63) is 51.3 Å². The first-order valence-electron chi connectivity index (χ1n) is 4.87. The molecule has 0 radical (unpaired) electrons. The lowest BCUT2D eigenvalue weighted by Gasteiger charge is -2.07. The van der Waals surface area contributed by atoms with Gasteiger partial charge in [-0.15, -0.1) is 11.3 Å². The van der Waals surface area contributed by atoms with Crippen molar-refractivity contribution in [2.45, 2.75) is 6.42 Å². The minimum atomic E-state index is 1.07. The highest BCUT2D eigenvalue weighted by Gasteiger charge is 2.13. The molecule has 1 heterocycles. The highest BCUT2D eigenvalue weighted by atomic mass is 79.9. The monoisotopic (exact) mass is 276 g/mol. The third-order valence-electron chi connectivity index (χ3n) is 2.66. The van der Waals surface area contributed by atoms with Crippen molar-refractivity contribution in [3.8, 4) is 10.4 Å². The summed E-state index contributed by atoms with van der Waals surface area (Å²) in [5.41, 5.74) is 4.19. The normalized spacial score (nSPS) is 13.1. The SMILES string of the molecule is Brc1cc2c(c(-c3cccs3)c1)CC=C2. The van der Waals surface area contributed by atoms with Gasteiger partial charge in [0.25, 0.3) is 0 Å². The summed E-state index contributed by atoms with van der Waals surface area (Å²) >= 11 is 5.37.